The number of carbonyl (C=O) groups is 2. The van der Waals surface area contributed by atoms with Crippen molar-refractivity contribution in [2.75, 3.05) is 46.0 Å². The molecule has 1 N–H and O–H groups in total. The highest BCUT2D eigenvalue weighted by Crippen LogP contribution is 2.51. The molecule has 8 rings (SSSR count). The van der Waals surface area contributed by atoms with Gasteiger partial charge in [0, 0.05) is 46.0 Å². The Bertz CT molecular complexity index is 1450. The van der Waals surface area contributed by atoms with E-state index in [1.54, 1.807) is 0 Å². The van der Waals surface area contributed by atoms with Crippen LogP contribution in [0.25, 0.3) is 0 Å². The third-order valence-corrected chi connectivity index (χ3v) is 14.5. The van der Waals surface area contributed by atoms with E-state index < -0.39 is 0 Å². The Hall–Kier alpha value is -3.10. The minimum atomic E-state index is -0.157. The first-order chi connectivity index (χ1) is 29.0. The molecule has 59 heavy (non-hydrogen) atoms. The molecule has 0 aromatic heterocycles. The van der Waals surface area contributed by atoms with Gasteiger partial charge in [-0.25, -0.2) is 9.59 Å². The second-order valence-corrected chi connectivity index (χ2v) is 18.9. The lowest BCUT2D eigenvalue weighted by molar-refractivity contribution is 0.0748. The first kappa shape index (κ1) is 45.4. The zero-order chi connectivity index (χ0) is 41.1. The minimum Gasteiger partial charge on any atom is -0.445 e. The quantitative estimate of drug-likeness (QED) is 0.191. The van der Waals surface area contributed by atoms with Gasteiger partial charge in [0.25, 0.3) is 0 Å². The van der Waals surface area contributed by atoms with Gasteiger partial charge in [-0.2, -0.15) is 0 Å². The molecular formula is C51H78N2O6. The summed E-state index contributed by atoms with van der Waals surface area (Å²) < 4.78 is 16.9. The van der Waals surface area contributed by atoms with Gasteiger partial charge in [-0.15, -0.1) is 0 Å². The van der Waals surface area contributed by atoms with Gasteiger partial charge < -0.3 is 29.1 Å². The molecule has 328 valence electrons. The van der Waals surface area contributed by atoms with E-state index in [4.69, 9.17) is 19.3 Å². The van der Waals surface area contributed by atoms with Crippen molar-refractivity contribution in [1.82, 2.24) is 9.80 Å². The molecule has 6 fully saturated rings. The maximum Gasteiger partial charge on any atom is 0.410 e. The van der Waals surface area contributed by atoms with Crippen molar-refractivity contribution in [1.29, 1.82) is 0 Å². The van der Waals surface area contributed by atoms with Crippen LogP contribution in [-0.2, 0) is 27.4 Å². The van der Waals surface area contributed by atoms with E-state index in [2.05, 4.69) is 6.92 Å². The maximum absolute atomic E-state index is 12.3. The van der Waals surface area contributed by atoms with Crippen molar-refractivity contribution < 1.29 is 28.9 Å². The van der Waals surface area contributed by atoms with Crippen LogP contribution < -0.4 is 0 Å². The summed E-state index contributed by atoms with van der Waals surface area (Å²) in [6.07, 6.45) is 24.6. The summed E-state index contributed by atoms with van der Waals surface area (Å²) >= 11 is 0. The molecule has 4 aliphatic carbocycles. The van der Waals surface area contributed by atoms with Crippen LogP contribution in [0.2, 0.25) is 0 Å². The number of amides is 2. The number of nitrogens with zero attached hydrogens (tertiary/aromatic N) is 2. The highest BCUT2D eigenvalue weighted by atomic mass is 16.6. The average molecular weight is 815 g/mol. The first-order valence-electron chi connectivity index (χ1n) is 24.1. The molecular weight excluding hydrogens is 737 g/mol. The van der Waals surface area contributed by atoms with Gasteiger partial charge in [-0.3, -0.25) is 0 Å². The van der Waals surface area contributed by atoms with E-state index in [1.165, 1.54) is 96.3 Å². The highest BCUT2D eigenvalue weighted by Gasteiger charge is 2.44. The predicted octanol–water partition coefficient (Wildman–Crippen LogP) is 11.7. The van der Waals surface area contributed by atoms with Gasteiger partial charge in [0.1, 0.15) is 13.2 Å². The van der Waals surface area contributed by atoms with Crippen LogP contribution in [0.15, 0.2) is 60.7 Å². The second-order valence-electron chi connectivity index (χ2n) is 18.9. The van der Waals surface area contributed by atoms with Crippen molar-refractivity contribution >= 4 is 12.2 Å². The fourth-order valence-electron chi connectivity index (χ4n) is 10.6. The van der Waals surface area contributed by atoms with Gasteiger partial charge in [0.15, 0.2) is 0 Å². The number of carbonyl (C=O) groups excluding carboxylic acids is 2. The summed E-state index contributed by atoms with van der Waals surface area (Å²) in [5.74, 6) is 6.76. The van der Waals surface area contributed by atoms with E-state index >= 15 is 0 Å². The molecule has 2 aliphatic heterocycles. The van der Waals surface area contributed by atoms with E-state index in [0.29, 0.717) is 25.7 Å². The van der Waals surface area contributed by atoms with E-state index in [1.807, 2.05) is 70.5 Å². The molecule has 2 aromatic rings. The molecule has 8 nitrogen and oxygen atoms in total. The Morgan fingerprint density at radius 2 is 1.03 bits per heavy atom. The van der Waals surface area contributed by atoms with Crippen LogP contribution >= 0.6 is 0 Å². The number of ether oxygens (including phenoxy) is 3. The maximum atomic E-state index is 12.3. The lowest BCUT2D eigenvalue weighted by Crippen LogP contribution is -2.39. The number of rotatable bonds is 14. The average Bonchev–Trinajstić information content (AvgIpc) is 4.25. The van der Waals surface area contributed by atoms with Crippen LogP contribution in [0.3, 0.4) is 0 Å². The molecule has 2 heterocycles. The number of likely N-dealkylation sites (tertiary alicyclic amines) is 2. The molecule has 4 saturated carbocycles. The number of piperidine rings is 2. The van der Waals surface area contributed by atoms with Gasteiger partial charge in [0.05, 0.1) is 0 Å². The molecule has 0 bridgehead atoms. The summed E-state index contributed by atoms with van der Waals surface area (Å²) in [5, 5.41) is 8.69. The van der Waals surface area contributed by atoms with Crippen molar-refractivity contribution in [2.45, 2.75) is 142 Å². The first-order valence-corrected chi connectivity index (χ1v) is 24.1. The Labute approximate surface area is 357 Å². The Balaban J connectivity index is 0.000000171. The molecule has 0 radical (unpaired) electrons. The zero-order valence-electron chi connectivity index (χ0n) is 36.6. The molecule has 0 spiro atoms. The summed E-state index contributed by atoms with van der Waals surface area (Å²) in [6, 6.07) is 19.8. The van der Waals surface area contributed by atoms with Gasteiger partial charge in [0.2, 0.25) is 0 Å². The summed E-state index contributed by atoms with van der Waals surface area (Å²) in [5.41, 5.74) is 2.09. The molecule has 6 aliphatic rings. The minimum absolute atomic E-state index is 0.150. The van der Waals surface area contributed by atoms with Gasteiger partial charge >= 0.3 is 12.2 Å². The van der Waals surface area contributed by atoms with Crippen LogP contribution in [-0.4, -0.2) is 73.1 Å². The highest BCUT2D eigenvalue weighted by molar-refractivity contribution is 5.68. The number of hydrogen-bond donors (Lipinski definition) is 1. The fraction of sp³-hybridized carbons (Fsp3) is 0.725. The van der Waals surface area contributed by atoms with Crippen LogP contribution in [0.5, 0.6) is 0 Å². The van der Waals surface area contributed by atoms with E-state index in [9.17, 15) is 9.59 Å². The third kappa shape index (κ3) is 15.7. The third-order valence-electron chi connectivity index (χ3n) is 14.5. The van der Waals surface area contributed by atoms with Crippen molar-refractivity contribution in [2.24, 2.45) is 47.3 Å². The van der Waals surface area contributed by atoms with Gasteiger partial charge in [-0.1, -0.05) is 119 Å². The van der Waals surface area contributed by atoms with Crippen molar-refractivity contribution in [3.8, 4) is 0 Å². The summed E-state index contributed by atoms with van der Waals surface area (Å²) in [6.45, 7) is 8.80. The smallest absolute Gasteiger partial charge is 0.410 e. The summed E-state index contributed by atoms with van der Waals surface area (Å²) in [7, 11) is 0. The lowest BCUT2D eigenvalue weighted by Gasteiger charge is -2.31. The van der Waals surface area contributed by atoms with E-state index in [0.717, 1.165) is 118 Å². The molecule has 8 heteroatoms. The van der Waals surface area contributed by atoms with Crippen molar-refractivity contribution in [3.63, 3.8) is 0 Å². The number of aliphatic hydroxyl groups is 1. The molecule has 0 unspecified atom stereocenters. The normalized spacial score (nSPS) is 25.2. The fourth-order valence-corrected chi connectivity index (χ4v) is 10.6. The monoisotopic (exact) mass is 815 g/mol. The number of benzene rings is 2. The lowest BCUT2D eigenvalue weighted by atomic mass is 9.90. The molecule has 2 amide bonds. The van der Waals surface area contributed by atoms with Crippen molar-refractivity contribution in [3.05, 3.63) is 71.8 Å². The Morgan fingerprint density at radius 1 is 0.593 bits per heavy atom. The molecule has 4 atom stereocenters. The van der Waals surface area contributed by atoms with Gasteiger partial charge in [-0.05, 0) is 129 Å². The molecule has 2 aromatic carbocycles. The Morgan fingerprint density at radius 3 is 1.46 bits per heavy atom. The zero-order valence-corrected chi connectivity index (χ0v) is 36.6. The SMILES string of the molecule is CCC[C@@H]1C[C@@H]1C1CCN(C(=O)OCc2ccccc2)CC1.O=C(OCc1ccccc1)N1CCC([C@H]2C[C@H]2CCOCC2CCCCC2)CC1.OCC1CCCCC1. The van der Waals surface area contributed by atoms with Crippen LogP contribution in [0.1, 0.15) is 140 Å². The van der Waals surface area contributed by atoms with Crippen LogP contribution in [0.4, 0.5) is 9.59 Å². The molecule has 2 saturated heterocycles. The largest absolute Gasteiger partial charge is 0.445 e. The Kier molecular flexibility index (Phi) is 19.2. The summed E-state index contributed by atoms with van der Waals surface area (Å²) in [4.78, 5) is 28.2. The number of aliphatic hydroxyl groups excluding tert-OH is 1. The standard InChI is InChI=1S/C25H37NO3.C19H27NO2.C7H14O/c27-25(29-19-21-9-5-2-6-10-21)26-14-11-22(12-15-26)24-17-23(24)13-16-28-18-20-7-3-1-4-8-20;1-2-6-17-13-18(17)16-9-11-20(12-10-16)19(21)22-14-15-7-4-3-5-8-15;8-6-7-4-2-1-3-5-7/h2,5-6,9-10,20,22-24H,1,3-4,7-8,11-19H2;3-5,7-8,16-18H,2,6,9-14H2,1H3;7-8H,1-6H2/t23-,24-;17-,18-;/m11./s1. The number of hydrogen-bond acceptors (Lipinski definition) is 6. The second kappa shape index (κ2) is 25.0. The topological polar surface area (TPSA) is 88.5 Å². The predicted molar refractivity (Wildman–Crippen MR) is 236 cm³/mol. The van der Waals surface area contributed by atoms with E-state index in [-0.39, 0.29) is 12.2 Å². The van der Waals surface area contributed by atoms with Crippen LogP contribution in [0, 0.1) is 47.3 Å².